The van der Waals surface area contributed by atoms with Crippen molar-refractivity contribution in [1.29, 1.82) is 0 Å². The predicted molar refractivity (Wildman–Crippen MR) is 94.9 cm³/mol. The Labute approximate surface area is 157 Å². The van der Waals surface area contributed by atoms with Crippen molar-refractivity contribution in [2.24, 2.45) is 0 Å². The summed E-state index contributed by atoms with van der Waals surface area (Å²) in [5.74, 6) is -1.34. The molecular formula is C19H16O9. The van der Waals surface area contributed by atoms with Gasteiger partial charge in [-0.2, -0.15) is 0 Å². The molecule has 9 nitrogen and oxygen atoms in total. The van der Waals surface area contributed by atoms with E-state index in [9.17, 15) is 24.9 Å². The van der Waals surface area contributed by atoms with Crippen LogP contribution in [0.15, 0.2) is 51.7 Å². The van der Waals surface area contributed by atoms with Gasteiger partial charge in [0.1, 0.15) is 29.6 Å². The molecule has 0 aliphatic carbocycles. The Bertz CT molecular complexity index is 1110. The molecule has 0 bridgehead atoms. The van der Waals surface area contributed by atoms with Crippen LogP contribution in [0.4, 0.5) is 0 Å². The van der Waals surface area contributed by atoms with E-state index in [2.05, 4.69) is 0 Å². The molecule has 0 spiro atoms. The van der Waals surface area contributed by atoms with Gasteiger partial charge in [-0.25, -0.2) is 9.59 Å². The Morgan fingerprint density at radius 1 is 0.929 bits per heavy atom. The molecule has 1 aliphatic rings. The van der Waals surface area contributed by atoms with Gasteiger partial charge in [0.2, 0.25) is 6.29 Å². The standard InChI is InChI=1S/C19H16O9/c20-13-14(21)16(17(23)24)28-19(15(13)22)26-8-5-6-10-11(7-8)9-3-1-2-4-12(9)27-18(10)25/h1-7,13-16,19-22H,(H,23,24)/t13-,14-,15+,16-,19+/m0/s1. The normalized spacial score (nSPS) is 27.8. The molecule has 1 aromatic heterocycles. The van der Waals surface area contributed by atoms with Crippen LogP contribution in [-0.4, -0.2) is 57.1 Å². The number of hydrogen-bond acceptors (Lipinski definition) is 8. The fourth-order valence-corrected chi connectivity index (χ4v) is 3.21. The van der Waals surface area contributed by atoms with E-state index >= 15 is 0 Å². The maximum atomic E-state index is 12.1. The molecule has 0 unspecified atom stereocenters. The van der Waals surface area contributed by atoms with Crippen molar-refractivity contribution in [1.82, 2.24) is 0 Å². The number of aliphatic carboxylic acids is 1. The third-order valence-electron chi connectivity index (χ3n) is 4.66. The minimum atomic E-state index is -1.81. The van der Waals surface area contributed by atoms with Crippen molar-refractivity contribution in [3.8, 4) is 5.75 Å². The molecule has 2 aromatic carbocycles. The van der Waals surface area contributed by atoms with Crippen LogP contribution in [0, 0.1) is 0 Å². The molecule has 1 fully saturated rings. The maximum Gasteiger partial charge on any atom is 0.344 e. The summed E-state index contributed by atoms with van der Waals surface area (Å²) in [5.41, 5.74) is -0.144. The molecule has 3 aromatic rings. The number of carbonyl (C=O) groups is 1. The van der Waals surface area contributed by atoms with Crippen molar-refractivity contribution in [2.75, 3.05) is 0 Å². The van der Waals surface area contributed by atoms with Crippen LogP contribution in [-0.2, 0) is 9.53 Å². The van der Waals surface area contributed by atoms with Crippen molar-refractivity contribution < 1.29 is 39.1 Å². The lowest BCUT2D eigenvalue weighted by Gasteiger charge is -2.38. The topological polar surface area (TPSA) is 147 Å². The van der Waals surface area contributed by atoms with Gasteiger partial charge in [-0.1, -0.05) is 18.2 Å². The summed E-state index contributed by atoms with van der Waals surface area (Å²) in [6, 6.07) is 11.3. The minimum Gasteiger partial charge on any atom is -0.479 e. The third kappa shape index (κ3) is 3.00. The molecule has 1 aliphatic heterocycles. The van der Waals surface area contributed by atoms with E-state index in [1.807, 2.05) is 0 Å². The van der Waals surface area contributed by atoms with Gasteiger partial charge in [-0.05, 0) is 24.3 Å². The highest BCUT2D eigenvalue weighted by atomic mass is 16.7. The monoisotopic (exact) mass is 388 g/mol. The SMILES string of the molecule is O=C(O)[C@H]1O[C@@H](Oc2ccc3c(=O)oc4ccccc4c3c2)[C@H](O)[C@@H](O)[C@@H]1O. The van der Waals surface area contributed by atoms with E-state index in [1.54, 1.807) is 24.3 Å². The summed E-state index contributed by atoms with van der Waals surface area (Å²) < 4.78 is 15.9. The molecule has 4 rings (SSSR count). The Morgan fingerprint density at radius 3 is 2.43 bits per heavy atom. The molecule has 1 saturated heterocycles. The van der Waals surface area contributed by atoms with Crippen molar-refractivity contribution in [3.63, 3.8) is 0 Å². The van der Waals surface area contributed by atoms with Crippen molar-refractivity contribution in [2.45, 2.75) is 30.7 Å². The van der Waals surface area contributed by atoms with Crippen molar-refractivity contribution >= 4 is 27.7 Å². The smallest absolute Gasteiger partial charge is 0.344 e. The number of fused-ring (bicyclic) bond motifs is 3. The number of rotatable bonds is 3. The number of aliphatic hydroxyl groups is 3. The lowest BCUT2D eigenvalue weighted by molar-refractivity contribution is -0.271. The highest BCUT2D eigenvalue weighted by Gasteiger charge is 2.48. The molecule has 5 atom stereocenters. The fourth-order valence-electron chi connectivity index (χ4n) is 3.21. The average Bonchev–Trinajstić information content (AvgIpc) is 2.68. The molecule has 146 valence electrons. The van der Waals surface area contributed by atoms with E-state index in [0.29, 0.717) is 21.7 Å². The summed E-state index contributed by atoms with van der Waals surface area (Å²) >= 11 is 0. The number of aliphatic hydroxyl groups excluding tert-OH is 3. The largest absolute Gasteiger partial charge is 0.479 e. The Hall–Kier alpha value is -2.98. The zero-order valence-electron chi connectivity index (χ0n) is 14.3. The van der Waals surface area contributed by atoms with Crippen LogP contribution < -0.4 is 10.4 Å². The number of carboxylic acid groups (broad SMARTS) is 1. The summed E-state index contributed by atoms with van der Waals surface area (Å²) in [7, 11) is 0. The average molecular weight is 388 g/mol. The van der Waals surface area contributed by atoms with E-state index in [4.69, 9.17) is 19.0 Å². The summed E-state index contributed by atoms with van der Waals surface area (Å²) in [6.45, 7) is 0. The van der Waals surface area contributed by atoms with E-state index < -0.39 is 42.3 Å². The van der Waals surface area contributed by atoms with Crippen LogP contribution in [0.2, 0.25) is 0 Å². The zero-order valence-corrected chi connectivity index (χ0v) is 14.3. The highest BCUT2D eigenvalue weighted by molar-refractivity contribution is 6.04. The van der Waals surface area contributed by atoms with Gasteiger partial charge in [-0.15, -0.1) is 0 Å². The molecule has 28 heavy (non-hydrogen) atoms. The second-order valence-electron chi connectivity index (χ2n) is 6.45. The van der Waals surface area contributed by atoms with Crippen LogP contribution in [0.1, 0.15) is 0 Å². The molecule has 0 amide bonds. The number of benzene rings is 2. The van der Waals surface area contributed by atoms with Gasteiger partial charge < -0.3 is 34.3 Å². The number of para-hydroxylation sites is 1. The third-order valence-corrected chi connectivity index (χ3v) is 4.66. The second-order valence-corrected chi connectivity index (χ2v) is 6.45. The number of hydrogen-bond donors (Lipinski definition) is 4. The first-order valence-corrected chi connectivity index (χ1v) is 8.41. The molecule has 4 N–H and O–H groups in total. The van der Waals surface area contributed by atoms with Crippen LogP contribution in [0.5, 0.6) is 5.75 Å². The molecule has 9 heteroatoms. The summed E-state index contributed by atoms with van der Waals surface area (Å²) in [4.78, 5) is 23.3. The summed E-state index contributed by atoms with van der Waals surface area (Å²) in [6.07, 6.45) is -8.57. The van der Waals surface area contributed by atoms with Gasteiger partial charge in [0, 0.05) is 10.8 Å². The van der Waals surface area contributed by atoms with Crippen LogP contribution >= 0.6 is 0 Å². The highest BCUT2D eigenvalue weighted by Crippen LogP contribution is 2.29. The number of carboxylic acids is 1. The molecule has 2 heterocycles. The molecule has 0 radical (unpaired) electrons. The maximum absolute atomic E-state index is 12.1. The van der Waals surface area contributed by atoms with Crippen molar-refractivity contribution in [3.05, 3.63) is 52.9 Å². The number of ether oxygens (including phenoxy) is 2. The Balaban J connectivity index is 1.72. The zero-order chi connectivity index (χ0) is 20.0. The lowest BCUT2D eigenvalue weighted by Crippen LogP contribution is -2.61. The van der Waals surface area contributed by atoms with Gasteiger partial charge in [0.15, 0.2) is 6.10 Å². The fraction of sp³-hybridized carbons (Fsp3) is 0.263. The van der Waals surface area contributed by atoms with E-state index in [-0.39, 0.29) is 5.75 Å². The first-order chi connectivity index (χ1) is 13.4. The molecular weight excluding hydrogens is 372 g/mol. The predicted octanol–water partition coefficient (Wildman–Crippen LogP) is 0.217. The first kappa shape index (κ1) is 18.4. The van der Waals surface area contributed by atoms with Crippen LogP contribution in [0.3, 0.4) is 0 Å². The lowest BCUT2D eigenvalue weighted by atomic mass is 9.99. The van der Waals surface area contributed by atoms with Gasteiger partial charge in [-0.3, -0.25) is 0 Å². The quantitative estimate of drug-likeness (QED) is 0.365. The van der Waals surface area contributed by atoms with E-state index in [0.717, 1.165) is 0 Å². The minimum absolute atomic E-state index is 0.167. The van der Waals surface area contributed by atoms with Crippen LogP contribution in [0.25, 0.3) is 21.7 Å². The van der Waals surface area contributed by atoms with Gasteiger partial charge in [0.05, 0.1) is 5.39 Å². The Kier molecular flexibility index (Phi) is 4.52. The molecule has 0 saturated carbocycles. The van der Waals surface area contributed by atoms with E-state index in [1.165, 1.54) is 18.2 Å². The first-order valence-electron chi connectivity index (χ1n) is 8.41. The second kappa shape index (κ2) is 6.88. The summed E-state index contributed by atoms with van der Waals surface area (Å²) in [5, 5.41) is 40.3. The van der Waals surface area contributed by atoms with Gasteiger partial charge in [0.25, 0.3) is 0 Å². The Morgan fingerprint density at radius 2 is 1.68 bits per heavy atom. The van der Waals surface area contributed by atoms with Gasteiger partial charge >= 0.3 is 11.6 Å².